The van der Waals surface area contributed by atoms with Crippen molar-refractivity contribution in [3.8, 4) is 0 Å². The number of carbonyl (C=O) groups is 1. The molecule has 0 spiro atoms. The quantitative estimate of drug-likeness (QED) is 0.407. The van der Waals surface area contributed by atoms with Crippen LogP contribution >= 0.6 is 0 Å². The molecule has 0 aliphatic carbocycles. The maximum Gasteiger partial charge on any atom is 0.306 e. The number of ether oxygens (including phenoxy) is 1. The van der Waals surface area contributed by atoms with Crippen LogP contribution in [0.15, 0.2) is 34.3 Å². The number of guanidine groups is 2. The van der Waals surface area contributed by atoms with E-state index in [1.54, 1.807) is 19.1 Å². The van der Waals surface area contributed by atoms with Gasteiger partial charge in [0.15, 0.2) is 5.96 Å². The fourth-order valence-electron chi connectivity index (χ4n) is 1.51. The molecule has 7 heteroatoms. The Morgan fingerprint density at radius 2 is 1.85 bits per heavy atom. The van der Waals surface area contributed by atoms with Gasteiger partial charge in [-0.15, -0.1) is 0 Å². The summed E-state index contributed by atoms with van der Waals surface area (Å²) in [5.41, 5.74) is 17.5. The second kappa shape index (κ2) is 7.78. The van der Waals surface area contributed by atoms with Crippen molar-refractivity contribution in [1.82, 2.24) is 0 Å². The van der Waals surface area contributed by atoms with E-state index in [1.807, 2.05) is 12.1 Å². The maximum atomic E-state index is 11.2. The molecular formula is C13H19N5O2. The molecule has 0 radical (unpaired) electrons. The molecule has 0 saturated heterocycles. The molecule has 7 nitrogen and oxygen atoms in total. The van der Waals surface area contributed by atoms with Crippen molar-refractivity contribution in [3.05, 3.63) is 29.8 Å². The smallest absolute Gasteiger partial charge is 0.306 e. The summed E-state index contributed by atoms with van der Waals surface area (Å²) in [6, 6.07) is 7.27. The number of rotatable bonds is 5. The van der Waals surface area contributed by atoms with E-state index in [-0.39, 0.29) is 17.9 Å². The maximum absolute atomic E-state index is 11.2. The van der Waals surface area contributed by atoms with Crippen LogP contribution in [0.25, 0.3) is 0 Å². The molecule has 0 fully saturated rings. The Morgan fingerprint density at radius 3 is 2.40 bits per heavy atom. The van der Waals surface area contributed by atoms with Gasteiger partial charge in [0.1, 0.15) is 0 Å². The van der Waals surface area contributed by atoms with Crippen molar-refractivity contribution in [2.24, 2.45) is 27.2 Å². The summed E-state index contributed by atoms with van der Waals surface area (Å²) in [7, 11) is 0. The van der Waals surface area contributed by atoms with E-state index < -0.39 is 0 Å². The number of esters is 1. The SMILES string of the molecule is CCOC(=O)CCc1ccc(N=C(N)N=C(N)N)cc1. The van der Waals surface area contributed by atoms with Crippen molar-refractivity contribution in [2.45, 2.75) is 19.8 Å². The lowest BCUT2D eigenvalue weighted by Crippen LogP contribution is -2.26. The summed E-state index contributed by atoms with van der Waals surface area (Å²) in [4.78, 5) is 18.9. The average Bonchev–Trinajstić information content (AvgIpc) is 2.37. The van der Waals surface area contributed by atoms with Gasteiger partial charge in [0.25, 0.3) is 0 Å². The minimum Gasteiger partial charge on any atom is -0.466 e. The molecule has 20 heavy (non-hydrogen) atoms. The lowest BCUT2D eigenvalue weighted by molar-refractivity contribution is -0.143. The van der Waals surface area contributed by atoms with E-state index in [4.69, 9.17) is 21.9 Å². The minimum absolute atomic E-state index is 0.00993. The first kappa shape index (κ1) is 15.5. The van der Waals surface area contributed by atoms with Gasteiger partial charge in [-0.25, -0.2) is 4.99 Å². The van der Waals surface area contributed by atoms with Crippen LogP contribution in [-0.2, 0) is 16.0 Å². The zero-order valence-corrected chi connectivity index (χ0v) is 11.4. The molecule has 0 heterocycles. The Morgan fingerprint density at radius 1 is 1.20 bits per heavy atom. The summed E-state index contributed by atoms with van der Waals surface area (Å²) < 4.78 is 4.86. The Bertz CT molecular complexity index is 504. The van der Waals surface area contributed by atoms with Crippen molar-refractivity contribution < 1.29 is 9.53 Å². The molecule has 0 aromatic heterocycles. The predicted molar refractivity (Wildman–Crippen MR) is 78.5 cm³/mol. The molecule has 0 bridgehead atoms. The van der Waals surface area contributed by atoms with Crippen molar-refractivity contribution in [2.75, 3.05) is 6.61 Å². The number of carbonyl (C=O) groups excluding carboxylic acids is 1. The molecule has 0 amide bonds. The van der Waals surface area contributed by atoms with Crippen LogP contribution in [0.2, 0.25) is 0 Å². The summed E-state index contributed by atoms with van der Waals surface area (Å²) in [5.74, 6) is -0.354. The van der Waals surface area contributed by atoms with E-state index in [2.05, 4.69) is 9.98 Å². The zero-order chi connectivity index (χ0) is 15.0. The third-order valence-corrected chi connectivity index (χ3v) is 2.35. The highest BCUT2D eigenvalue weighted by Gasteiger charge is 2.02. The number of hydrogen-bond donors (Lipinski definition) is 3. The third-order valence-electron chi connectivity index (χ3n) is 2.35. The number of nitrogens with two attached hydrogens (primary N) is 3. The number of aliphatic imine (C=N–C) groups is 2. The number of benzene rings is 1. The fourth-order valence-corrected chi connectivity index (χ4v) is 1.51. The average molecular weight is 277 g/mol. The van der Waals surface area contributed by atoms with Gasteiger partial charge in [0, 0.05) is 6.42 Å². The van der Waals surface area contributed by atoms with Gasteiger partial charge < -0.3 is 21.9 Å². The van der Waals surface area contributed by atoms with Gasteiger partial charge in [-0.2, -0.15) is 4.99 Å². The normalized spacial score (nSPS) is 10.9. The van der Waals surface area contributed by atoms with Crippen molar-refractivity contribution in [1.29, 1.82) is 0 Å². The molecule has 1 aromatic carbocycles. The number of hydrogen-bond acceptors (Lipinski definition) is 3. The van der Waals surface area contributed by atoms with Gasteiger partial charge in [0.2, 0.25) is 5.96 Å². The Balaban J connectivity index is 2.61. The standard InChI is InChI=1S/C13H19N5O2/c1-2-20-11(19)8-5-9-3-6-10(7-4-9)17-13(16)18-12(14)15/h3-4,6-7H,2,5,8H2,1H3,(H6,14,15,16,17,18). The Hall–Kier alpha value is -2.57. The van der Waals surface area contributed by atoms with Crippen LogP contribution in [0.1, 0.15) is 18.9 Å². The molecule has 108 valence electrons. The largest absolute Gasteiger partial charge is 0.466 e. The number of aryl methyl sites for hydroxylation is 1. The monoisotopic (exact) mass is 277 g/mol. The highest BCUT2D eigenvalue weighted by atomic mass is 16.5. The van der Waals surface area contributed by atoms with Crippen LogP contribution in [-0.4, -0.2) is 24.5 Å². The first-order chi connectivity index (χ1) is 9.51. The van der Waals surface area contributed by atoms with Gasteiger partial charge >= 0.3 is 5.97 Å². The minimum atomic E-state index is -0.202. The molecule has 1 aromatic rings. The van der Waals surface area contributed by atoms with Gasteiger partial charge in [0.05, 0.1) is 12.3 Å². The first-order valence-corrected chi connectivity index (χ1v) is 6.19. The van der Waals surface area contributed by atoms with Crippen molar-refractivity contribution in [3.63, 3.8) is 0 Å². The molecule has 1 rings (SSSR count). The summed E-state index contributed by atoms with van der Waals surface area (Å²) in [6.45, 7) is 2.18. The predicted octanol–water partition coefficient (Wildman–Crippen LogP) is 0.402. The van der Waals surface area contributed by atoms with Crippen LogP contribution in [0.5, 0.6) is 0 Å². The summed E-state index contributed by atoms with van der Waals surface area (Å²) >= 11 is 0. The van der Waals surface area contributed by atoms with Gasteiger partial charge in [-0.05, 0) is 31.0 Å². The highest BCUT2D eigenvalue weighted by Crippen LogP contribution is 2.14. The molecular weight excluding hydrogens is 258 g/mol. The molecule has 0 aliphatic rings. The van der Waals surface area contributed by atoms with E-state index >= 15 is 0 Å². The van der Waals surface area contributed by atoms with Gasteiger partial charge in [-0.1, -0.05) is 12.1 Å². The summed E-state index contributed by atoms with van der Waals surface area (Å²) in [5, 5.41) is 0. The number of nitrogens with zero attached hydrogens (tertiary/aromatic N) is 2. The highest BCUT2D eigenvalue weighted by molar-refractivity contribution is 5.93. The summed E-state index contributed by atoms with van der Waals surface area (Å²) in [6.07, 6.45) is 0.971. The lowest BCUT2D eigenvalue weighted by Gasteiger charge is -2.03. The molecule has 0 unspecified atom stereocenters. The lowest BCUT2D eigenvalue weighted by atomic mass is 10.1. The fraction of sp³-hybridized carbons (Fsp3) is 0.308. The van der Waals surface area contributed by atoms with Crippen LogP contribution in [0.4, 0.5) is 5.69 Å². The Labute approximate surface area is 117 Å². The van der Waals surface area contributed by atoms with E-state index in [0.29, 0.717) is 25.1 Å². The van der Waals surface area contributed by atoms with E-state index in [1.165, 1.54) is 0 Å². The van der Waals surface area contributed by atoms with Crippen LogP contribution in [0, 0.1) is 0 Å². The van der Waals surface area contributed by atoms with Gasteiger partial charge in [-0.3, -0.25) is 4.79 Å². The molecule has 0 atom stereocenters. The Kier molecular flexibility index (Phi) is 6.02. The topological polar surface area (TPSA) is 129 Å². The van der Waals surface area contributed by atoms with Crippen LogP contribution in [0.3, 0.4) is 0 Å². The van der Waals surface area contributed by atoms with E-state index in [9.17, 15) is 4.79 Å². The molecule has 6 N–H and O–H groups in total. The van der Waals surface area contributed by atoms with E-state index in [0.717, 1.165) is 5.56 Å². The third kappa shape index (κ3) is 5.85. The van der Waals surface area contributed by atoms with Crippen molar-refractivity contribution >= 4 is 23.6 Å². The second-order valence-electron chi connectivity index (χ2n) is 3.98. The first-order valence-electron chi connectivity index (χ1n) is 6.19. The molecule has 0 saturated carbocycles. The second-order valence-corrected chi connectivity index (χ2v) is 3.98. The zero-order valence-electron chi connectivity index (χ0n) is 11.4. The molecule has 0 aliphatic heterocycles. The van der Waals surface area contributed by atoms with Crippen LogP contribution < -0.4 is 17.2 Å².